The number of amides is 1. The lowest BCUT2D eigenvalue weighted by molar-refractivity contribution is -0.150. The lowest BCUT2D eigenvalue weighted by Gasteiger charge is -2.43. The number of rotatable bonds is 2. The summed E-state index contributed by atoms with van der Waals surface area (Å²) in [5.74, 6) is -0.0511. The highest BCUT2D eigenvalue weighted by Crippen LogP contribution is 2.50. The number of carbonyl (C=O) groups excluding carboxylic acids is 2. The summed E-state index contributed by atoms with van der Waals surface area (Å²) in [6, 6.07) is 3.70. The van der Waals surface area contributed by atoms with Gasteiger partial charge in [-0.1, -0.05) is 11.6 Å². The van der Waals surface area contributed by atoms with Crippen molar-refractivity contribution in [1.29, 1.82) is 0 Å². The minimum absolute atomic E-state index is 0.0933. The number of hydrogen-bond acceptors (Lipinski definition) is 4. The molecule has 1 amide bonds. The molecule has 2 fully saturated rings. The van der Waals surface area contributed by atoms with Gasteiger partial charge in [-0.15, -0.1) is 0 Å². The van der Waals surface area contributed by atoms with Crippen LogP contribution in [0.1, 0.15) is 76.0 Å². The zero-order chi connectivity index (χ0) is 22.6. The van der Waals surface area contributed by atoms with Crippen LogP contribution in [0.3, 0.4) is 0 Å². The smallest absolute Gasteiger partial charge is 0.316 e. The number of benzene rings is 1. The van der Waals surface area contributed by atoms with Crippen LogP contribution in [0.25, 0.3) is 5.57 Å². The summed E-state index contributed by atoms with van der Waals surface area (Å²) in [7, 11) is 0. The minimum Gasteiger partial charge on any atom is -0.427 e. The molecule has 0 bridgehead atoms. The number of carbonyl (C=O) groups is 2. The van der Waals surface area contributed by atoms with Crippen molar-refractivity contribution in [3.8, 4) is 0 Å². The van der Waals surface area contributed by atoms with E-state index >= 15 is 0 Å². The lowest BCUT2D eigenvalue weighted by atomic mass is 9.72. The maximum absolute atomic E-state index is 13.4. The van der Waals surface area contributed by atoms with Gasteiger partial charge in [-0.3, -0.25) is 9.59 Å². The Balaban J connectivity index is 1.82. The maximum Gasteiger partial charge on any atom is 0.316 e. The predicted octanol–water partition coefficient (Wildman–Crippen LogP) is 5.25. The average Bonchev–Trinajstić information content (AvgIpc) is 3.21. The van der Waals surface area contributed by atoms with Gasteiger partial charge in [0.05, 0.1) is 22.1 Å². The fourth-order valence-corrected chi connectivity index (χ4v) is 5.57. The average molecular weight is 446 g/mol. The zero-order valence-electron chi connectivity index (χ0n) is 19.1. The molecule has 1 N–H and O–H groups in total. The molecule has 0 unspecified atom stereocenters. The van der Waals surface area contributed by atoms with E-state index in [4.69, 9.17) is 21.1 Å². The highest BCUT2D eigenvalue weighted by atomic mass is 35.5. The molecule has 0 radical (unpaired) electrons. The van der Waals surface area contributed by atoms with Crippen LogP contribution in [0.5, 0.6) is 0 Å². The Kier molecular flexibility index (Phi) is 5.50. The minimum atomic E-state index is -0.681. The van der Waals surface area contributed by atoms with Crippen molar-refractivity contribution in [3.05, 3.63) is 39.6 Å². The summed E-state index contributed by atoms with van der Waals surface area (Å²) in [5.41, 5.74) is 1.60. The normalized spacial score (nSPS) is 28.5. The van der Waals surface area contributed by atoms with Crippen LogP contribution in [0.15, 0.2) is 17.9 Å². The van der Waals surface area contributed by atoms with Crippen molar-refractivity contribution >= 4 is 29.1 Å². The van der Waals surface area contributed by atoms with E-state index in [-0.39, 0.29) is 17.5 Å². The van der Waals surface area contributed by atoms with Gasteiger partial charge >= 0.3 is 5.97 Å². The van der Waals surface area contributed by atoms with Crippen molar-refractivity contribution in [2.24, 2.45) is 5.41 Å². The van der Waals surface area contributed by atoms with Crippen molar-refractivity contribution in [1.82, 2.24) is 5.32 Å². The van der Waals surface area contributed by atoms with Crippen molar-refractivity contribution in [3.63, 3.8) is 0 Å². The van der Waals surface area contributed by atoms with Gasteiger partial charge in [-0.25, -0.2) is 0 Å². The molecule has 2 heterocycles. The third-order valence-electron chi connectivity index (χ3n) is 7.00. The number of esters is 1. The molecular formula is C25H32ClNO4. The molecule has 168 valence electrons. The fraction of sp³-hybridized carbons (Fsp3) is 0.600. The summed E-state index contributed by atoms with van der Waals surface area (Å²) in [4.78, 5) is 26.3. The molecule has 1 aromatic rings. The van der Waals surface area contributed by atoms with Gasteiger partial charge in [0.15, 0.2) is 0 Å². The first-order chi connectivity index (χ1) is 14.5. The maximum atomic E-state index is 13.4. The van der Waals surface area contributed by atoms with Gasteiger partial charge in [-0.2, -0.15) is 0 Å². The second kappa shape index (κ2) is 7.63. The topological polar surface area (TPSA) is 64.6 Å². The second-order valence-electron chi connectivity index (χ2n) is 10.4. The molecule has 6 heteroatoms. The van der Waals surface area contributed by atoms with Gasteiger partial charge in [0.1, 0.15) is 5.76 Å². The molecule has 31 heavy (non-hydrogen) atoms. The summed E-state index contributed by atoms with van der Waals surface area (Å²) in [6.45, 7) is 10.2. The van der Waals surface area contributed by atoms with Crippen LogP contribution in [0.2, 0.25) is 5.02 Å². The second-order valence-corrected chi connectivity index (χ2v) is 10.9. The molecule has 3 aliphatic rings. The molecule has 1 aliphatic carbocycles. The molecular weight excluding hydrogens is 414 g/mol. The molecule has 5 nitrogen and oxygen atoms in total. The number of aryl methyl sites for hydroxylation is 2. The molecule has 0 aromatic heterocycles. The number of ether oxygens (including phenoxy) is 2. The third kappa shape index (κ3) is 3.91. The summed E-state index contributed by atoms with van der Waals surface area (Å²) < 4.78 is 12.2. The van der Waals surface area contributed by atoms with Gasteiger partial charge in [0.2, 0.25) is 0 Å². The predicted molar refractivity (Wildman–Crippen MR) is 121 cm³/mol. The summed E-state index contributed by atoms with van der Waals surface area (Å²) >= 11 is 6.24. The van der Waals surface area contributed by atoms with Crippen LogP contribution in [-0.2, 0) is 19.1 Å². The van der Waals surface area contributed by atoms with E-state index in [2.05, 4.69) is 5.32 Å². The quantitative estimate of drug-likeness (QED) is 0.631. The first-order valence-corrected chi connectivity index (χ1v) is 11.5. The molecule has 1 aromatic carbocycles. The van der Waals surface area contributed by atoms with E-state index < -0.39 is 11.0 Å². The standard InChI is InChI=1S/C25H32ClNO4/c1-15-13-17(26)14-16(2)18(15)19-20(31-22(29)23(3,4)5)25(27-21(19)28)10-8-24(9-11-25)7-6-12-30-24/h13-14H,6-12H2,1-5H3,(H,27,28). The summed E-state index contributed by atoms with van der Waals surface area (Å²) in [5, 5.41) is 3.85. The van der Waals surface area contributed by atoms with Gasteiger partial charge in [-0.05, 0) is 102 Å². The number of halogens is 1. The summed E-state index contributed by atoms with van der Waals surface area (Å²) in [6.07, 6.45) is 5.21. The highest BCUT2D eigenvalue weighted by Gasteiger charge is 2.54. The van der Waals surface area contributed by atoms with Crippen molar-refractivity contribution in [2.75, 3.05) is 6.61 Å². The third-order valence-corrected chi connectivity index (χ3v) is 7.21. The number of hydrogen-bond donors (Lipinski definition) is 1. The fourth-order valence-electron chi connectivity index (χ4n) is 5.24. The van der Waals surface area contributed by atoms with Crippen molar-refractivity contribution in [2.45, 2.75) is 84.3 Å². The van der Waals surface area contributed by atoms with Gasteiger partial charge in [0.25, 0.3) is 5.91 Å². The molecule has 0 atom stereocenters. The van der Waals surface area contributed by atoms with E-state index in [1.807, 2.05) is 46.8 Å². The Morgan fingerprint density at radius 3 is 2.23 bits per heavy atom. The number of nitrogens with one attached hydrogen (secondary N) is 1. The first-order valence-electron chi connectivity index (χ1n) is 11.2. The Labute approximate surface area is 189 Å². The Morgan fingerprint density at radius 1 is 1.10 bits per heavy atom. The molecule has 1 saturated carbocycles. The van der Waals surface area contributed by atoms with Crippen LogP contribution >= 0.6 is 11.6 Å². The SMILES string of the molecule is Cc1cc(Cl)cc(C)c1C1=C(OC(=O)C(C)(C)C)C2(CCC3(CCCO3)CC2)NC1=O. The van der Waals surface area contributed by atoms with Gasteiger partial charge in [0, 0.05) is 11.6 Å². The van der Waals surface area contributed by atoms with E-state index in [0.717, 1.165) is 49.0 Å². The van der Waals surface area contributed by atoms with Crippen LogP contribution in [-0.4, -0.2) is 29.6 Å². The van der Waals surface area contributed by atoms with Crippen LogP contribution in [0.4, 0.5) is 0 Å². The van der Waals surface area contributed by atoms with E-state index in [0.29, 0.717) is 29.2 Å². The van der Waals surface area contributed by atoms with E-state index in [9.17, 15) is 9.59 Å². The van der Waals surface area contributed by atoms with E-state index in [1.165, 1.54) is 0 Å². The Hall–Kier alpha value is -1.85. The monoisotopic (exact) mass is 445 g/mol. The molecule has 1 saturated heterocycles. The van der Waals surface area contributed by atoms with Gasteiger partial charge < -0.3 is 14.8 Å². The molecule has 2 aliphatic heterocycles. The zero-order valence-corrected chi connectivity index (χ0v) is 19.9. The Bertz CT molecular complexity index is 933. The molecule has 2 spiro atoms. The van der Waals surface area contributed by atoms with Crippen molar-refractivity contribution < 1.29 is 19.1 Å². The Morgan fingerprint density at radius 2 is 1.71 bits per heavy atom. The van der Waals surface area contributed by atoms with E-state index in [1.54, 1.807) is 0 Å². The highest BCUT2D eigenvalue weighted by molar-refractivity contribution is 6.31. The molecule has 4 rings (SSSR count). The lowest BCUT2D eigenvalue weighted by Crippen LogP contribution is -2.52. The van der Waals surface area contributed by atoms with Crippen LogP contribution < -0.4 is 5.32 Å². The largest absolute Gasteiger partial charge is 0.427 e. The first kappa shape index (κ1) is 22.3. The van der Waals surface area contributed by atoms with Crippen LogP contribution in [0, 0.1) is 19.3 Å².